The van der Waals surface area contributed by atoms with Crippen molar-refractivity contribution in [1.29, 1.82) is 0 Å². The number of hydrogen-bond acceptors (Lipinski definition) is 8. The molecule has 8 heteroatoms. The molecule has 0 aliphatic rings. The molecule has 0 aliphatic carbocycles. The van der Waals surface area contributed by atoms with Gasteiger partial charge in [0.15, 0.2) is 0 Å². The number of rotatable bonds is 27. The third kappa shape index (κ3) is 20.7. The van der Waals surface area contributed by atoms with Crippen LogP contribution >= 0.6 is 0 Å². The minimum atomic E-state index is -1.31. The summed E-state index contributed by atoms with van der Waals surface area (Å²) in [7, 11) is 0. The van der Waals surface area contributed by atoms with Crippen LogP contribution in [0.3, 0.4) is 0 Å². The lowest BCUT2D eigenvalue weighted by Gasteiger charge is -2.29. The molecule has 0 N–H and O–H groups in total. The zero-order chi connectivity index (χ0) is 28.5. The van der Waals surface area contributed by atoms with E-state index in [-0.39, 0.29) is 11.9 Å². The molecular weight excluding hydrogens is 488 g/mol. The summed E-state index contributed by atoms with van der Waals surface area (Å²) in [6, 6.07) is 0. The van der Waals surface area contributed by atoms with Crippen molar-refractivity contribution in [1.82, 2.24) is 0 Å². The smallest absolute Gasteiger partial charge is 0.326 e. The highest BCUT2D eigenvalue weighted by Gasteiger charge is 2.31. The largest absolute Gasteiger partial charge is 0.408 e. The van der Waals surface area contributed by atoms with Gasteiger partial charge < -0.3 is 28.4 Å². The summed E-state index contributed by atoms with van der Waals surface area (Å²) in [5.74, 6) is -3.22. The first-order chi connectivity index (χ1) is 18.2. The van der Waals surface area contributed by atoms with Crippen molar-refractivity contribution >= 4 is 11.9 Å². The van der Waals surface area contributed by atoms with Gasteiger partial charge in [0.1, 0.15) is 0 Å². The summed E-state index contributed by atoms with van der Waals surface area (Å²) >= 11 is 0. The summed E-state index contributed by atoms with van der Waals surface area (Å²) in [5.41, 5.74) is 0. The van der Waals surface area contributed by atoms with Crippen LogP contribution in [0.2, 0.25) is 0 Å². The number of carbonyl (C=O) groups excluding carboxylic acids is 2. The van der Waals surface area contributed by atoms with E-state index < -0.39 is 11.9 Å². The molecule has 0 rings (SSSR count). The van der Waals surface area contributed by atoms with Crippen molar-refractivity contribution in [3.05, 3.63) is 0 Å². The highest BCUT2D eigenvalue weighted by Crippen LogP contribution is 2.20. The molecule has 0 aromatic carbocycles. The van der Waals surface area contributed by atoms with Crippen LogP contribution in [0, 0.1) is 0 Å². The number of carbonyl (C=O) groups is 2. The molecule has 0 aromatic heterocycles. The molecule has 0 radical (unpaired) electrons. The van der Waals surface area contributed by atoms with Gasteiger partial charge in [0.05, 0.1) is 26.4 Å². The quantitative estimate of drug-likeness (QED) is 0.0585. The Hall–Kier alpha value is -1.22. The molecule has 38 heavy (non-hydrogen) atoms. The Morgan fingerprint density at radius 1 is 0.447 bits per heavy atom. The normalized spacial score (nSPS) is 12.1. The number of unbranched alkanes of at least 4 members (excludes halogenated alkanes) is 9. The van der Waals surface area contributed by atoms with Crippen molar-refractivity contribution in [2.24, 2.45) is 0 Å². The lowest BCUT2D eigenvalue weighted by Crippen LogP contribution is -2.38. The van der Waals surface area contributed by atoms with E-state index in [0.29, 0.717) is 39.3 Å². The SMILES string of the molecule is CCCCOC(C)(OCCCC)OC(=O)CCCCCCCCC(=O)OC(C)(OCCCC)OCCCC. The zero-order valence-electron chi connectivity index (χ0n) is 25.4. The van der Waals surface area contributed by atoms with Crippen molar-refractivity contribution in [3.63, 3.8) is 0 Å². The predicted octanol–water partition coefficient (Wildman–Crippen LogP) is 7.81. The maximum Gasteiger partial charge on any atom is 0.326 e. The summed E-state index contributed by atoms with van der Waals surface area (Å²) in [6.45, 7) is 13.7. The van der Waals surface area contributed by atoms with E-state index in [9.17, 15) is 9.59 Å². The van der Waals surface area contributed by atoms with E-state index >= 15 is 0 Å². The van der Waals surface area contributed by atoms with Gasteiger partial charge >= 0.3 is 23.9 Å². The zero-order valence-corrected chi connectivity index (χ0v) is 25.4. The summed E-state index contributed by atoms with van der Waals surface area (Å²) in [5, 5.41) is 0. The van der Waals surface area contributed by atoms with E-state index in [1.165, 1.54) is 0 Å². The van der Waals surface area contributed by atoms with Crippen molar-refractivity contribution in [3.8, 4) is 0 Å². The van der Waals surface area contributed by atoms with E-state index in [0.717, 1.165) is 89.9 Å². The van der Waals surface area contributed by atoms with E-state index in [4.69, 9.17) is 28.4 Å². The second-order valence-electron chi connectivity index (χ2n) is 10.1. The third-order valence-electron chi connectivity index (χ3n) is 6.06. The molecule has 0 heterocycles. The summed E-state index contributed by atoms with van der Waals surface area (Å²) in [6.07, 6.45) is 13.6. The van der Waals surface area contributed by atoms with Crippen LogP contribution in [0.1, 0.15) is 144 Å². The highest BCUT2D eigenvalue weighted by atomic mass is 16.9. The van der Waals surface area contributed by atoms with Crippen LogP contribution in [0.25, 0.3) is 0 Å². The fourth-order valence-electron chi connectivity index (χ4n) is 3.57. The average Bonchev–Trinajstić information content (AvgIpc) is 2.86. The Morgan fingerprint density at radius 2 is 0.711 bits per heavy atom. The third-order valence-corrected chi connectivity index (χ3v) is 6.06. The minimum absolute atomic E-state index is 0.298. The minimum Gasteiger partial charge on any atom is -0.408 e. The van der Waals surface area contributed by atoms with Crippen molar-refractivity contribution < 1.29 is 38.0 Å². The second kappa shape index (κ2) is 23.6. The van der Waals surface area contributed by atoms with Crippen LogP contribution in [-0.2, 0) is 38.0 Å². The molecule has 0 unspecified atom stereocenters. The van der Waals surface area contributed by atoms with Crippen LogP contribution in [0.4, 0.5) is 0 Å². The molecule has 8 nitrogen and oxygen atoms in total. The number of hydrogen-bond donors (Lipinski definition) is 0. The first kappa shape index (κ1) is 36.8. The number of ether oxygens (including phenoxy) is 6. The van der Waals surface area contributed by atoms with Gasteiger partial charge in [0.2, 0.25) is 0 Å². The highest BCUT2D eigenvalue weighted by molar-refractivity contribution is 5.69. The van der Waals surface area contributed by atoms with Gasteiger partial charge in [-0.1, -0.05) is 79.1 Å². The molecule has 0 bridgehead atoms. The van der Waals surface area contributed by atoms with E-state index in [1.807, 2.05) is 0 Å². The molecule has 0 saturated carbocycles. The van der Waals surface area contributed by atoms with Crippen molar-refractivity contribution in [2.75, 3.05) is 26.4 Å². The predicted molar refractivity (Wildman–Crippen MR) is 149 cm³/mol. The Kier molecular flexibility index (Phi) is 22.9. The lowest BCUT2D eigenvalue weighted by atomic mass is 10.1. The van der Waals surface area contributed by atoms with Crippen LogP contribution in [-0.4, -0.2) is 50.3 Å². The molecule has 226 valence electrons. The number of esters is 2. The Morgan fingerprint density at radius 3 is 0.974 bits per heavy atom. The van der Waals surface area contributed by atoms with Gasteiger partial charge in [-0.15, -0.1) is 0 Å². The Bertz CT molecular complexity index is 511. The maximum absolute atomic E-state index is 12.4. The summed E-state index contributed by atoms with van der Waals surface area (Å²) < 4.78 is 34.1. The Balaban J connectivity index is 4.15. The fourth-order valence-corrected chi connectivity index (χ4v) is 3.57. The maximum atomic E-state index is 12.4. The van der Waals surface area contributed by atoms with Crippen LogP contribution < -0.4 is 0 Å². The molecule has 0 aromatic rings. The molecule has 0 atom stereocenters. The van der Waals surface area contributed by atoms with Gasteiger partial charge in [-0.3, -0.25) is 9.59 Å². The van der Waals surface area contributed by atoms with Crippen LogP contribution in [0.15, 0.2) is 0 Å². The fraction of sp³-hybridized carbons (Fsp3) is 0.933. The standard InChI is InChI=1S/C30H58O8/c1-7-11-23-33-29(5,34-24-12-8-2)37-27(31)21-19-17-15-16-18-20-22-28(32)38-30(6,35-25-13-9-3)36-26-14-10-4/h7-26H2,1-6H3. The monoisotopic (exact) mass is 546 g/mol. The first-order valence-corrected chi connectivity index (χ1v) is 15.2. The van der Waals surface area contributed by atoms with Crippen molar-refractivity contribution in [2.45, 2.75) is 156 Å². The van der Waals surface area contributed by atoms with Gasteiger partial charge in [-0.2, -0.15) is 0 Å². The topological polar surface area (TPSA) is 89.5 Å². The molecule has 0 saturated heterocycles. The molecule has 0 spiro atoms. The first-order valence-electron chi connectivity index (χ1n) is 15.2. The van der Waals surface area contributed by atoms with E-state index in [1.54, 1.807) is 13.8 Å². The lowest BCUT2D eigenvalue weighted by molar-refractivity contribution is -0.353. The molecule has 0 aliphatic heterocycles. The average molecular weight is 547 g/mol. The molecular formula is C30H58O8. The van der Waals surface area contributed by atoms with Gasteiger partial charge in [-0.05, 0) is 38.5 Å². The summed E-state index contributed by atoms with van der Waals surface area (Å²) in [4.78, 5) is 24.7. The van der Waals surface area contributed by atoms with Crippen LogP contribution in [0.5, 0.6) is 0 Å². The van der Waals surface area contributed by atoms with Gasteiger partial charge in [-0.25, -0.2) is 0 Å². The second-order valence-corrected chi connectivity index (χ2v) is 10.1. The van der Waals surface area contributed by atoms with Gasteiger partial charge in [0, 0.05) is 26.7 Å². The van der Waals surface area contributed by atoms with Gasteiger partial charge in [0.25, 0.3) is 0 Å². The Labute approximate surface area is 232 Å². The molecule has 0 fully saturated rings. The van der Waals surface area contributed by atoms with E-state index in [2.05, 4.69) is 27.7 Å². The molecule has 0 amide bonds.